The van der Waals surface area contributed by atoms with E-state index in [9.17, 15) is 9.59 Å². The van der Waals surface area contributed by atoms with Crippen molar-refractivity contribution in [1.82, 2.24) is 20.1 Å². The molecule has 0 fully saturated rings. The summed E-state index contributed by atoms with van der Waals surface area (Å²) in [5.74, 6) is 0.596. The Hall–Kier alpha value is -2.66. The summed E-state index contributed by atoms with van der Waals surface area (Å²) >= 11 is 3.52. The molecule has 0 bridgehead atoms. The van der Waals surface area contributed by atoms with Gasteiger partial charge in [-0.2, -0.15) is 0 Å². The van der Waals surface area contributed by atoms with E-state index in [1.165, 1.54) is 11.8 Å². The summed E-state index contributed by atoms with van der Waals surface area (Å²) in [4.78, 5) is 25.4. The van der Waals surface area contributed by atoms with Crippen molar-refractivity contribution in [3.63, 3.8) is 0 Å². The van der Waals surface area contributed by atoms with Crippen LogP contribution in [0, 0.1) is 16.4 Å². The average molecular weight is 590 g/mol. The number of carbonyl (C=O) groups excluding carboxylic acids is 2. The Morgan fingerprint density at radius 1 is 1.18 bits per heavy atom. The van der Waals surface area contributed by atoms with E-state index in [4.69, 9.17) is 0 Å². The maximum atomic E-state index is 12.9. The number of allylic oxidation sites excluding steroid dienone is 1. The SMILES string of the molecule is C=CCn1c(SCC(=O)Nc2ccc(I)cc2)nnc1[C@@H](NC(=O)c1cccc(C)c1)C(C)C. The molecule has 2 N–H and O–H groups in total. The standard InChI is InChI=1S/C25H28IN5O2S/c1-5-13-31-23(22(16(2)3)28-24(33)18-8-6-7-17(4)14-18)29-30-25(31)34-15-21(32)27-20-11-9-19(26)10-12-20/h5-12,14,16,22H,1,13,15H2,2-4H3,(H,27,32)(H,28,33)/t22-/m0/s1. The van der Waals surface area contributed by atoms with Gasteiger partial charge in [-0.3, -0.25) is 9.59 Å². The highest BCUT2D eigenvalue weighted by Crippen LogP contribution is 2.26. The molecule has 0 aliphatic carbocycles. The maximum Gasteiger partial charge on any atom is 0.251 e. The third-order valence-corrected chi connectivity index (χ3v) is 6.72. The number of aromatic nitrogens is 3. The second-order valence-electron chi connectivity index (χ2n) is 8.15. The molecule has 1 heterocycles. The van der Waals surface area contributed by atoms with Crippen molar-refractivity contribution in [2.24, 2.45) is 5.92 Å². The van der Waals surface area contributed by atoms with E-state index in [0.29, 0.717) is 23.1 Å². The summed E-state index contributed by atoms with van der Waals surface area (Å²) in [5.41, 5.74) is 2.37. The quantitative estimate of drug-likeness (QED) is 0.192. The molecule has 2 aromatic carbocycles. The minimum Gasteiger partial charge on any atom is -0.342 e. The molecule has 1 atom stereocenters. The number of hydrogen-bond donors (Lipinski definition) is 2. The van der Waals surface area contributed by atoms with Crippen LogP contribution in [-0.4, -0.2) is 32.3 Å². The first-order chi connectivity index (χ1) is 16.3. The van der Waals surface area contributed by atoms with Crippen molar-refractivity contribution < 1.29 is 9.59 Å². The van der Waals surface area contributed by atoms with Crippen LogP contribution in [-0.2, 0) is 11.3 Å². The number of aryl methyl sites for hydroxylation is 1. The summed E-state index contributed by atoms with van der Waals surface area (Å²) in [6.07, 6.45) is 1.75. The van der Waals surface area contributed by atoms with Crippen LogP contribution in [0.15, 0.2) is 66.3 Å². The number of nitrogens with one attached hydrogen (secondary N) is 2. The van der Waals surface area contributed by atoms with Gasteiger partial charge in [-0.1, -0.05) is 49.4 Å². The zero-order chi connectivity index (χ0) is 24.7. The van der Waals surface area contributed by atoms with Crippen molar-refractivity contribution in [3.8, 4) is 0 Å². The number of carbonyl (C=O) groups is 2. The first-order valence-corrected chi connectivity index (χ1v) is 12.9. The van der Waals surface area contributed by atoms with Crippen molar-refractivity contribution in [3.05, 3.63) is 81.7 Å². The van der Waals surface area contributed by atoms with Gasteiger partial charge in [0.25, 0.3) is 5.91 Å². The molecule has 3 rings (SSSR count). The highest BCUT2D eigenvalue weighted by Gasteiger charge is 2.26. The molecule has 3 aromatic rings. The van der Waals surface area contributed by atoms with Crippen LogP contribution < -0.4 is 10.6 Å². The van der Waals surface area contributed by atoms with E-state index in [-0.39, 0.29) is 29.5 Å². The minimum absolute atomic E-state index is 0.0727. The van der Waals surface area contributed by atoms with Crippen molar-refractivity contribution in [1.29, 1.82) is 0 Å². The first-order valence-electron chi connectivity index (χ1n) is 10.9. The molecule has 0 saturated heterocycles. The van der Waals surface area contributed by atoms with Gasteiger partial charge in [0.2, 0.25) is 5.91 Å². The van der Waals surface area contributed by atoms with Gasteiger partial charge in [-0.05, 0) is 71.8 Å². The van der Waals surface area contributed by atoms with Gasteiger partial charge in [0.05, 0.1) is 11.8 Å². The molecular formula is C25H28IN5O2S. The lowest BCUT2D eigenvalue weighted by molar-refractivity contribution is -0.113. The lowest BCUT2D eigenvalue weighted by atomic mass is 10.0. The van der Waals surface area contributed by atoms with Gasteiger partial charge in [0.15, 0.2) is 11.0 Å². The van der Waals surface area contributed by atoms with Crippen molar-refractivity contribution in [2.45, 2.75) is 38.5 Å². The lowest BCUT2D eigenvalue weighted by Gasteiger charge is -2.22. The molecular weight excluding hydrogens is 561 g/mol. The molecule has 0 aliphatic rings. The Morgan fingerprint density at radius 3 is 2.56 bits per heavy atom. The van der Waals surface area contributed by atoms with Gasteiger partial charge >= 0.3 is 0 Å². The Kier molecular flexibility index (Phi) is 9.28. The second kappa shape index (κ2) is 12.2. The molecule has 0 saturated carbocycles. The van der Waals surface area contributed by atoms with E-state index in [1.807, 2.05) is 67.8 Å². The third kappa shape index (κ3) is 6.92. The topological polar surface area (TPSA) is 88.9 Å². The summed E-state index contributed by atoms with van der Waals surface area (Å²) < 4.78 is 3.00. The first kappa shape index (κ1) is 26.0. The molecule has 0 aliphatic heterocycles. The number of anilines is 1. The number of halogens is 1. The van der Waals surface area contributed by atoms with E-state index < -0.39 is 0 Å². The molecule has 2 amide bonds. The summed E-state index contributed by atoms with van der Waals surface area (Å²) in [6, 6.07) is 14.7. The number of amides is 2. The van der Waals surface area contributed by atoms with E-state index >= 15 is 0 Å². The number of benzene rings is 2. The Morgan fingerprint density at radius 2 is 1.91 bits per heavy atom. The van der Waals surface area contributed by atoms with Crippen LogP contribution in [0.5, 0.6) is 0 Å². The predicted octanol–water partition coefficient (Wildman–Crippen LogP) is 5.24. The number of thioether (sulfide) groups is 1. The summed E-state index contributed by atoms with van der Waals surface area (Å²) in [7, 11) is 0. The zero-order valence-corrected chi connectivity index (χ0v) is 22.4. The molecule has 9 heteroatoms. The number of rotatable bonds is 10. The van der Waals surface area contributed by atoms with Gasteiger partial charge in [0, 0.05) is 21.4 Å². The molecule has 34 heavy (non-hydrogen) atoms. The van der Waals surface area contributed by atoms with Crippen molar-refractivity contribution in [2.75, 3.05) is 11.1 Å². The van der Waals surface area contributed by atoms with E-state index in [0.717, 1.165) is 14.8 Å². The molecule has 0 radical (unpaired) electrons. The maximum absolute atomic E-state index is 12.9. The monoisotopic (exact) mass is 589 g/mol. The Bertz CT molecular complexity index is 1160. The zero-order valence-electron chi connectivity index (χ0n) is 19.4. The Balaban J connectivity index is 1.74. The van der Waals surface area contributed by atoms with Crippen LogP contribution in [0.3, 0.4) is 0 Å². The van der Waals surface area contributed by atoms with Gasteiger partial charge < -0.3 is 15.2 Å². The third-order valence-electron chi connectivity index (χ3n) is 5.03. The second-order valence-corrected chi connectivity index (χ2v) is 10.3. The van der Waals surface area contributed by atoms with Crippen molar-refractivity contribution >= 4 is 51.9 Å². The Labute approximate surface area is 218 Å². The van der Waals surface area contributed by atoms with Crippen LogP contribution in [0.4, 0.5) is 5.69 Å². The van der Waals surface area contributed by atoms with Crippen LogP contribution >= 0.6 is 34.4 Å². The van der Waals surface area contributed by atoms with Crippen LogP contribution in [0.1, 0.15) is 41.6 Å². The van der Waals surface area contributed by atoms with E-state index in [1.54, 1.807) is 12.1 Å². The highest BCUT2D eigenvalue weighted by atomic mass is 127. The summed E-state index contributed by atoms with van der Waals surface area (Å²) in [5, 5.41) is 15.3. The normalized spacial score (nSPS) is 11.8. The van der Waals surface area contributed by atoms with Gasteiger partial charge in [-0.25, -0.2) is 0 Å². The molecule has 178 valence electrons. The molecule has 1 aromatic heterocycles. The van der Waals surface area contributed by atoms with Gasteiger partial charge in [-0.15, -0.1) is 16.8 Å². The highest BCUT2D eigenvalue weighted by molar-refractivity contribution is 14.1. The number of nitrogens with zero attached hydrogens (tertiary/aromatic N) is 3. The fourth-order valence-electron chi connectivity index (χ4n) is 3.34. The molecule has 0 unspecified atom stereocenters. The average Bonchev–Trinajstić information content (AvgIpc) is 3.19. The molecule has 0 spiro atoms. The van der Waals surface area contributed by atoms with Gasteiger partial charge in [0.1, 0.15) is 0 Å². The fraction of sp³-hybridized carbons (Fsp3) is 0.280. The fourth-order valence-corrected chi connectivity index (χ4v) is 4.45. The van der Waals surface area contributed by atoms with Crippen LogP contribution in [0.2, 0.25) is 0 Å². The smallest absolute Gasteiger partial charge is 0.251 e. The lowest BCUT2D eigenvalue weighted by Crippen LogP contribution is -2.34. The minimum atomic E-state index is -0.351. The summed E-state index contributed by atoms with van der Waals surface area (Å²) in [6.45, 7) is 10.3. The number of hydrogen-bond acceptors (Lipinski definition) is 5. The molecule has 7 nitrogen and oxygen atoms in total. The van der Waals surface area contributed by atoms with E-state index in [2.05, 4.69) is 50.0 Å². The predicted molar refractivity (Wildman–Crippen MR) is 145 cm³/mol. The van der Waals surface area contributed by atoms with Crippen LogP contribution in [0.25, 0.3) is 0 Å². The largest absolute Gasteiger partial charge is 0.342 e.